The highest BCUT2D eigenvalue weighted by molar-refractivity contribution is 6.39. The van der Waals surface area contributed by atoms with Crippen molar-refractivity contribution in [3.63, 3.8) is 0 Å². The summed E-state index contributed by atoms with van der Waals surface area (Å²) in [6.07, 6.45) is 0.0559. The molecule has 0 amide bonds. The number of hydrogen-bond donors (Lipinski definition) is 0. The lowest BCUT2D eigenvalue weighted by molar-refractivity contribution is 0.251. The summed E-state index contributed by atoms with van der Waals surface area (Å²) in [6.45, 7) is 0.996. The van der Waals surface area contributed by atoms with Gasteiger partial charge in [0.25, 0.3) is 0 Å². The number of rotatable bonds is 5. The molecule has 6 heteroatoms. The van der Waals surface area contributed by atoms with E-state index in [2.05, 4.69) is 0 Å². The third kappa shape index (κ3) is 3.14. The molecular formula is C16H13Cl2FO3. The maximum atomic E-state index is 14.0. The van der Waals surface area contributed by atoms with Gasteiger partial charge in [0.15, 0.2) is 11.5 Å². The summed E-state index contributed by atoms with van der Waals surface area (Å²) in [6, 6.07) is 7.70. The molecule has 22 heavy (non-hydrogen) atoms. The van der Waals surface area contributed by atoms with Gasteiger partial charge >= 0.3 is 0 Å². The van der Waals surface area contributed by atoms with E-state index in [9.17, 15) is 4.39 Å². The lowest BCUT2D eigenvalue weighted by atomic mass is 10.0. The summed E-state index contributed by atoms with van der Waals surface area (Å²) in [5.74, 6) is 0.222. The van der Waals surface area contributed by atoms with E-state index >= 15 is 0 Å². The highest BCUT2D eigenvalue weighted by atomic mass is 35.5. The Morgan fingerprint density at radius 2 is 1.95 bits per heavy atom. The SMILES string of the molecule is COc1c(OC[C@H]2CO2)cc(F)cc1-c1c(Cl)cccc1Cl. The zero-order valence-electron chi connectivity index (χ0n) is 11.7. The number of ether oxygens (including phenoxy) is 3. The second kappa shape index (κ2) is 6.32. The van der Waals surface area contributed by atoms with Crippen LogP contribution in [-0.2, 0) is 4.74 Å². The second-order valence-electron chi connectivity index (χ2n) is 4.85. The third-order valence-electron chi connectivity index (χ3n) is 3.28. The van der Waals surface area contributed by atoms with Gasteiger partial charge in [0.2, 0.25) is 0 Å². The fourth-order valence-electron chi connectivity index (χ4n) is 2.17. The lowest BCUT2D eigenvalue weighted by Gasteiger charge is -2.16. The molecule has 2 aromatic rings. The van der Waals surface area contributed by atoms with Gasteiger partial charge in [-0.25, -0.2) is 4.39 Å². The molecule has 3 nitrogen and oxygen atoms in total. The van der Waals surface area contributed by atoms with Gasteiger partial charge in [-0.15, -0.1) is 0 Å². The number of hydrogen-bond acceptors (Lipinski definition) is 3. The standard InChI is InChI=1S/C16H13Cl2FO3/c1-20-16-11(15-12(17)3-2-4-13(15)18)5-9(19)6-14(16)22-8-10-7-21-10/h2-6,10H,7-8H2,1H3/t10-/m1/s1. The molecule has 0 spiro atoms. The first-order valence-electron chi connectivity index (χ1n) is 6.66. The van der Waals surface area contributed by atoms with E-state index in [1.54, 1.807) is 18.2 Å². The molecule has 116 valence electrons. The van der Waals surface area contributed by atoms with E-state index in [0.29, 0.717) is 45.9 Å². The highest BCUT2D eigenvalue weighted by Gasteiger charge is 2.25. The monoisotopic (exact) mass is 342 g/mol. The average Bonchev–Trinajstić information content (AvgIpc) is 3.29. The van der Waals surface area contributed by atoms with Crippen LogP contribution in [0.2, 0.25) is 10.0 Å². The predicted octanol–water partition coefficient (Wildman–Crippen LogP) is 4.59. The Bertz CT molecular complexity index is 682. The summed E-state index contributed by atoms with van der Waals surface area (Å²) in [5, 5.41) is 0.820. The molecule has 1 fully saturated rings. The molecule has 0 radical (unpaired) electrons. The minimum Gasteiger partial charge on any atom is -0.492 e. The van der Waals surface area contributed by atoms with Crippen molar-refractivity contribution in [3.05, 3.63) is 46.2 Å². The van der Waals surface area contributed by atoms with Crippen LogP contribution in [0.15, 0.2) is 30.3 Å². The van der Waals surface area contributed by atoms with Gasteiger partial charge in [0.05, 0.1) is 23.8 Å². The summed E-state index contributed by atoms with van der Waals surface area (Å²) < 4.78 is 30.1. The topological polar surface area (TPSA) is 31.0 Å². The molecule has 1 atom stereocenters. The zero-order chi connectivity index (χ0) is 15.7. The largest absolute Gasteiger partial charge is 0.492 e. The average molecular weight is 343 g/mol. The van der Waals surface area contributed by atoms with Crippen LogP contribution in [0.4, 0.5) is 4.39 Å². The van der Waals surface area contributed by atoms with Gasteiger partial charge in [0.1, 0.15) is 18.5 Å². The quantitative estimate of drug-likeness (QED) is 0.745. The highest BCUT2D eigenvalue weighted by Crippen LogP contribution is 2.44. The van der Waals surface area contributed by atoms with E-state index in [-0.39, 0.29) is 6.10 Å². The molecule has 0 aliphatic carbocycles. The summed E-state index contributed by atoms with van der Waals surface area (Å²) in [7, 11) is 1.49. The van der Waals surface area contributed by atoms with Crippen molar-refractivity contribution in [1.29, 1.82) is 0 Å². The summed E-state index contributed by atoms with van der Waals surface area (Å²) >= 11 is 12.4. The molecule has 0 unspecified atom stereocenters. The fraction of sp³-hybridized carbons (Fsp3) is 0.250. The van der Waals surface area contributed by atoms with Gasteiger partial charge in [-0.2, -0.15) is 0 Å². The van der Waals surface area contributed by atoms with Crippen molar-refractivity contribution in [2.45, 2.75) is 6.10 Å². The van der Waals surface area contributed by atoms with Crippen molar-refractivity contribution in [2.75, 3.05) is 20.3 Å². The number of epoxide rings is 1. The van der Waals surface area contributed by atoms with Crippen LogP contribution in [0.5, 0.6) is 11.5 Å². The molecule has 1 saturated heterocycles. The first kappa shape index (κ1) is 15.4. The van der Waals surface area contributed by atoms with Gasteiger partial charge in [-0.05, 0) is 18.2 Å². The van der Waals surface area contributed by atoms with Crippen molar-refractivity contribution < 1.29 is 18.6 Å². The van der Waals surface area contributed by atoms with Crippen LogP contribution in [0, 0.1) is 5.82 Å². The van der Waals surface area contributed by atoms with Crippen LogP contribution in [0.25, 0.3) is 11.1 Å². The Balaban J connectivity index is 2.09. The summed E-state index contributed by atoms with van der Waals surface area (Å²) in [4.78, 5) is 0. The van der Waals surface area contributed by atoms with E-state index in [4.69, 9.17) is 37.4 Å². The van der Waals surface area contributed by atoms with E-state index in [1.165, 1.54) is 19.2 Å². The van der Waals surface area contributed by atoms with E-state index in [1.807, 2.05) is 0 Å². The molecule has 1 aliphatic heterocycles. The number of methoxy groups -OCH3 is 1. The maximum absolute atomic E-state index is 14.0. The van der Waals surface area contributed by atoms with Crippen LogP contribution < -0.4 is 9.47 Å². The Morgan fingerprint density at radius 1 is 1.27 bits per heavy atom. The fourth-order valence-corrected chi connectivity index (χ4v) is 2.78. The minimum absolute atomic E-state index is 0.0559. The summed E-state index contributed by atoms with van der Waals surface area (Å²) in [5.41, 5.74) is 0.958. The molecule has 2 aromatic carbocycles. The van der Waals surface area contributed by atoms with Crippen molar-refractivity contribution in [2.24, 2.45) is 0 Å². The molecule has 1 aliphatic rings. The molecule has 0 bridgehead atoms. The molecule has 0 aromatic heterocycles. The normalized spacial score (nSPS) is 16.5. The Hall–Kier alpha value is -1.49. The first-order valence-corrected chi connectivity index (χ1v) is 7.42. The Labute approximate surface area is 137 Å². The van der Waals surface area contributed by atoms with E-state index in [0.717, 1.165) is 0 Å². The first-order chi connectivity index (χ1) is 10.6. The van der Waals surface area contributed by atoms with E-state index < -0.39 is 5.82 Å². The van der Waals surface area contributed by atoms with Gasteiger partial charge in [-0.3, -0.25) is 0 Å². The van der Waals surface area contributed by atoms with Gasteiger partial charge in [0, 0.05) is 17.2 Å². The third-order valence-corrected chi connectivity index (χ3v) is 3.91. The van der Waals surface area contributed by atoms with Crippen molar-refractivity contribution in [1.82, 2.24) is 0 Å². The van der Waals surface area contributed by atoms with Gasteiger partial charge < -0.3 is 14.2 Å². The molecule has 3 rings (SSSR count). The van der Waals surface area contributed by atoms with Crippen molar-refractivity contribution in [3.8, 4) is 22.6 Å². The Kier molecular flexibility index (Phi) is 4.43. The lowest BCUT2D eigenvalue weighted by Crippen LogP contribution is -2.06. The maximum Gasteiger partial charge on any atom is 0.168 e. The molecule has 0 saturated carbocycles. The number of benzene rings is 2. The zero-order valence-corrected chi connectivity index (χ0v) is 13.2. The van der Waals surface area contributed by atoms with Crippen LogP contribution in [0.3, 0.4) is 0 Å². The minimum atomic E-state index is -0.460. The van der Waals surface area contributed by atoms with Gasteiger partial charge in [-0.1, -0.05) is 29.3 Å². The van der Waals surface area contributed by atoms with Crippen LogP contribution >= 0.6 is 23.2 Å². The molecule has 0 N–H and O–H groups in total. The Morgan fingerprint density at radius 3 is 2.55 bits per heavy atom. The predicted molar refractivity (Wildman–Crippen MR) is 83.6 cm³/mol. The molecular weight excluding hydrogens is 330 g/mol. The smallest absolute Gasteiger partial charge is 0.168 e. The van der Waals surface area contributed by atoms with Crippen LogP contribution in [-0.4, -0.2) is 26.4 Å². The van der Waals surface area contributed by atoms with Crippen LogP contribution in [0.1, 0.15) is 0 Å². The van der Waals surface area contributed by atoms with Crippen molar-refractivity contribution >= 4 is 23.2 Å². The number of halogens is 3. The second-order valence-corrected chi connectivity index (χ2v) is 5.66. The molecule has 1 heterocycles.